The summed E-state index contributed by atoms with van der Waals surface area (Å²) < 4.78 is 0. The first-order chi connectivity index (χ1) is 11.0. The number of aromatic nitrogens is 1. The normalized spacial score (nSPS) is 13.4. The van der Waals surface area contributed by atoms with E-state index in [4.69, 9.17) is 0 Å². The summed E-state index contributed by atoms with van der Waals surface area (Å²) in [6.45, 7) is 3.69. The summed E-state index contributed by atoms with van der Waals surface area (Å²) in [5.41, 5.74) is 2.11. The molecule has 2 heterocycles. The van der Waals surface area contributed by atoms with Crippen molar-refractivity contribution in [3.8, 4) is 0 Å². The van der Waals surface area contributed by atoms with Crippen molar-refractivity contribution in [3.63, 3.8) is 0 Å². The van der Waals surface area contributed by atoms with Crippen molar-refractivity contribution in [2.75, 3.05) is 17.3 Å². The zero-order chi connectivity index (χ0) is 16.6. The number of rotatable bonds is 2. The zero-order valence-corrected chi connectivity index (χ0v) is 14.0. The van der Waals surface area contributed by atoms with Gasteiger partial charge in [0.2, 0.25) is 5.91 Å². The molecule has 1 aliphatic rings. The van der Waals surface area contributed by atoms with Crippen LogP contribution in [0.3, 0.4) is 0 Å². The minimum absolute atomic E-state index is 0.0356. The van der Waals surface area contributed by atoms with E-state index in [2.05, 4.69) is 10.3 Å². The number of pyridine rings is 1. The molecule has 3 rings (SSSR count). The number of carbonyl (C=O) groups excluding carboxylic acids is 2. The van der Waals surface area contributed by atoms with Gasteiger partial charge >= 0.3 is 0 Å². The smallest absolute Gasteiger partial charge is 0.260 e. The Morgan fingerprint density at radius 3 is 2.83 bits per heavy atom. The Hall–Kier alpha value is -2.34. The van der Waals surface area contributed by atoms with Gasteiger partial charge < -0.3 is 10.2 Å². The van der Waals surface area contributed by atoms with Crippen molar-refractivity contribution >= 4 is 35.0 Å². The van der Waals surface area contributed by atoms with Crippen LogP contribution < -0.4 is 10.2 Å². The van der Waals surface area contributed by atoms with Crippen LogP contribution in [0.2, 0.25) is 0 Å². The molecule has 2 aromatic rings. The number of benzene rings is 1. The number of anilines is 2. The molecule has 1 aromatic carbocycles. The summed E-state index contributed by atoms with van der Waals surface area (Å²) in [6.07, 6.45) is 1.68. The van der Waals surface area contributed by atoms with Gasteiger partial charge in [-0.2, -0.15) is 0 Å². The van der Waals surface area contributed by atoms with Gasteiger partial charge in [0, 0.05) is 29.7 Å². The molecular formula is C17H17N3O2S. The summed E-state index contributed by atoms with van der Waals surface area (Å²) >= 11 is 1.44. The van der Waals surface area contributed by atoms with Crippen molar-refractivity contribution in [2.45, 2.75) is 23.8 Å². The second-order valence-electron chi connectivity index (χ2n) is 5.65. The molecule has 0 spiro atoms. The third-order valence-electron chi connectivity index (χ3n) is 3.63. The van der Waals surface area contributed by atoms with Crippen LogP contribution in [0.15, 0.2) is 46.5 Å². The SMILES string of the molecule is CC(C)C(=O)Nc1ccc2c(c1)Sc1ncccc1C(=O)N2C. The average molecular weight is 327 g/mol. The van der Waals surface area contributed by atoms with Crippen molar-refractivity contribution < 1.29 is 9.59 Å². The molecule has 0 bridgehead atoms. The molecule has 23 heavy (non-hydrogen) atoms. The maximum Gasteiger partial charge on any atom is 0.260 e. The lowest BCUT2D eigenvalue weighted by molar-refractivity contribution is -0.118. The van der Waals surface area contributed by atoms with Crippen molar-refractivity contribution in [1.82, 2.24) is 4.98 Å². The second-order valence-corrected chi connectivity index (χ2v) is 6.68. The number of hydrogen-bond acceptors (Lipinski definition) is 4. The highest BCUT2D eigenvalue weighted by Gasteiger charge is 2.25. The van der Waals surface area contributed by atoms with E-state index < -0.39 is 0 Å². The van der Waals surface area contributed by atoms with E-state index in [-0.39, 0.29) is 17.7 Å². The van der Waals surface area contributed by atoms with Gasteiger partial charge in [-0.15, -0.1) is 0 Å². The van der Waals surface area contributed by atoms with Crippen LogP contribution in [-0.2, 0) is 4.79 Å². The van der Waals surface area contributed by atoms with Crippen molar-refractivity contribution in [3.05, 3.63) is 42.1 Å². The van der Waals surface area contributed by atoms with Gasteiger partial charge in [-0.25, -0.2) is 4.98 Å². The van der Waals surface area contributed by atoms with E-state index in [9.17, 15) is 9.59 Å². The number of nitrogens with zero attached hydrogens (tertiary/aromatic N) is 2. The van der Waals surface area contributed by atoms with E-state index in [0.717, 1.165) is 16.3 Å². The zero-order valence-electron chi connectivity index (χ0n) is 13.2. The summed E-state index contributed by atoms with van der Waals surface area (Å²) in [4.78, 5) is 31.2. The van der Waals surface area contributed by atoms with Crippen molar-refractivity contribution in [2.24, 2.45) is 5.92 Å². The fraction of sp³-hybridized carbons (Fsp3) is 0.235. The summed E-state index contributed by atoms with van der Waals surface area (Å²) in [6, 6.07) is 9.08. The van der Waals surface area contributed by atoms with Gasteiger partial charge in [0.25, 0.3) is 5.91 Å². The molecule has 6 heteroatoms. The maximum absolute atomic E-state index is 12.6. The largest absolute Gasteiger partial charge is 0.326 e. The molecule has 0 atom stereocenters. The molecule has 0 unspecified atom stereocenters. The summed E-state index contributed by atoms with van der Waals surface area (Å²) in [5, 5.41) is 3.56. The second kappa shape index (κ2) is 6.04. The number of nitrogens with one attached hydrogen (secondary N) is 1. The maximum atomic E-state index is 12.6. The van der Waals surface area contributed by atoms with Gasteiger partial charge in [0.05, 0.1) is 11.3 Å². The van der Waals surface area contributed by atoms with Crippen LogP contribution >= 0.6 is 11.8 Å². The van der Waals surface area contributed by atoms with E-state index in [1.807, 2.05) is 32.0 Å². The number of fused-ring (bicyclic) bond motifs is 2. The molecule has 118 valence electrons. The van der Waals surface area contributed by atoms with E-state index in [1.54, 1.807) is 30.3 Å². The number of amides is 2. The van der Waals surface area contributed by atoms with E-state index in [1.165, 1.54) is 11.8 Å². The van der Waals surface area contributed by atoms with E-state index >= 15 is 0 Å². The van der Waals surface area contributed by atoms with Crippen LogP contribution in [0.1, 0.15) is 24.2 Å². The van der Waals surface area contributed by atoms with Crippen molar-refractivity contribution in [1.29, 1.82) is 0 Å². The first kappa shape index (κ1) is 15.6. The topological polar surface area (TPSA) is 62.3 Å². The molecule has 0 saturated carbocycles. The first-order valence-electron chi connectivity index (χ1n) is 7.33. The van der Waals surface area contributed by atoms with Crippen LogP contribution in [0.5, 0.6) is 0 Å². The molecular weight excluding hydrogens is 310 g/mol. The van der Waals surface area contributed by atoms with Gasteiger partial charge in [0.15, 0.2) is 0 Å². The van der Waals surface area contributed by atoms with Gasteiger partial charge in [-0.3, -0.25) is 9.59 Å². The Labute approximate surface area is 139 Å². The van der Waals surface area contributed by atoms with Gasteiger partial charge in [-0.05, 0) is 30.3 Å². The molecule has 0 radical (unpaired) electrons. The minimum atomic E-state index is -0.0897. The molecule has 0 fully saturated rings. The molecule has 2 amide bonds. The Morgan fingerprint density at radius 2 is 2.09 bits per heavy atom. The predicted molar refractivity (Wildman–Crippen MR) is 91.0 cm³/mol. The Bertz CT molecular complexity index is 789. The van der Waals surface area contributed by atoms with Crippen LogP contribution in [0.4, 0.5) is 11.4 Å². The standard InChI is InChI=1S/C17H17N3O2S/c1-10(2)15(21)19-11-6-7-13-14(9-11)23-16-12(5-4-8-18-16)17(22)20(13)3/h4-10H,1-3H3,(H,19,21). The van der Waals surface area contributed by atoms with Crippen LogP contribution in [-0.4, -0.2) is 23.8 Å². The summed E-state index contributed by atoms with van der Waals surface area (Å²) in [5.74, 6) is -0.210. The lowest BCUT2D eigenvalue weighted by Crippen LogP contribution is -2.26. The van der Waals surface area contributed by atoms with Gasteiger partial charge in [0.1, 0.15) is 5.03 Å². The predicted octanol–water partition coefficient (Wildman–Crippen LogP) is 3.42. The monoisotopic (exact) mass is 327 g/mol. The Morgan fingerprint density at radius 1 is 1.30 bits per heavy atom. The van der Waals surface area contributed by atoms with Crippen LogP contribution in [0, 0.1) is 5.92 Å². The number of carbonyl (C=O) groups is 2. The van der Waals surface area contributed by atoms with Crippen LogP contribution in [0.25, 0.3) is 0 Å². The average Bonchev–Trinajstić information content (AvgIpc) is 2.63. The fourth-order valence-electron chi connectivity index (χ4n) is 2.27. The van der Waals surface area contributed by atoms with Gasteiger partial charge in [-0.1, -0.05) is 25.6 Å². The summed E-state index contributed by atoms with van der Waals surface area (Å²) in [7, 11) is 1.75. The molecule has 1 aromatic heterocycles. The Balaban J connectivity index is 2.02. The molecule has 0 saturated heterocycles. The highest BCUT2D eigenvalue weighted by Crippen LogP contribution is 2.41. The van der Waals surface area contributed by atoms with E-state index in [0.29, 0.717) is 10.6 Å². The Kier molecular flexibility index (Phi) is 4.09. The molecule has 1 N–H and O–H groups in total. The number of hydrogen-bond donors (Lipinski definition) is 1. The highest BCUT2D eigenvalue weighted by molar-refractivity contribution is 7.99. The first-order valence-corrected chi connectivity index (χ1v) is 8.15. The third kappa shape index (κ3) is 2.94. The fourth-order valence-corrected chi connectivity index (χ4v) is 3.35. The molecule has 0 aliphatic carbocycles. The molecule has 1 aliphatic heterocycles. The lowest BCUT2D eigenvalue weighted by atomic mass is 10.2. The lowest BCUT2D eigenvalue weighted by Gasteiger charge is -2.18. The quantitative estimate of drug-likeness (QED) is 0.918. The minimum Gasteiger partial charge on any atom is -0.326 e. The molecule has 5 nitrogen and oxygen atoms in total. The highest BCUT2D eigenvalue weighted by atomic mass is 32.2. The third-order valence-corrected chi connectivity index (χ3v) is 4.69.